The maximum absolute atomic E-state index is 14.0. The highest BCUT2D eigenvalue weighted by Gasteiger charge is 2.67. The lowest BCUT2D eigenvalue weighted by Gasteiger charge is -2.61. The van der Waals surface area contributed by atoms with Crippen LogP contribution in [-0.4, -0.2) is 44.3 Å². The molecule has 190 valence electrons. The largest absolute Gasteiger partial charge is 0.469 e. The molecule has 35 heavy (non-hydrogen) atoms. The Kier molecular flexibility index (Phi) is 7.12. The zero-order valence-electron chi connectivity index (χ0n) is 21.1. The Morgan fingerprint density at radius 3 is 2.71 bits per heavy atom. The smallest absolute Gasteiger partial charge is 0.310 e. The number of fused-ring (bicyclic) bond motifs is 3. The van der Waals surface area contributed by atoms with Crippen LogP contribution in [0, 0.1) is 40.4 Å². The van der Waals surface area contributed by atoms with Crippen molar-refractivity contribution in [3.8, 4) is 11.8 Å². The molecule has 0 radical (unpaired) electrons. The lowest BCUT2D eigenvalue weighted by molar-refractivity contribution is -0.213. The van der Waals surface area contributed by atoms with Crippen molar-refractivity contribution >= 4 is 17.7 Å². The molecular formula is C27H34O8. The first kappa shape index (κ1) is 25.5. The number of Topliss-reactive ketones (excluding diaryl/α,β-unsaturated/α-hetero) is 1. The zero-order chi connectivity index (χ0) is 25.4. The minimum Gasteiger partial charge on any atom is -0.469 e. The van der Waals surface area contributed by atoms with Crippen molar-refractivity contribution in [2.75, 3.05) is 20.5 Å². The van der Waals surface area contributed by atoms with Gasteiger partial charge in [-0.25, -0.2) is 0 Å². The zero-order valence-corrected chi connectivity index (χ0v) is 21.1. The molecule has 3 aliphatic rings. The third-order valence-corrected chi connectivity index (χ3v) is 8.43. The number of ketones is 1. The fourth-order valence-electron chi connectivity index (χ4n) is 6.84. The summed E-state index contributed by atoms with van der Waals surface area (Å²) >= 11 is 0. The van der Waals surface area contributed by atoms with E-state index in [-0.39, 0.29) is 30.9 Å². The van der Waals surface area contributed by atoms with Crippen LogP contribution in [0.25, 0.3) is 0 Å². The highest BCUT2D eigenvalue weighted by atomic mass is 16.7. The maximum atomic E-state index is 14.0. The Hall–Kier alpha value is -2.63. The average Bonchev–Trinajstić information content (AvgIpc) is 3.28. The number of furan rings is 1. The summed E-state index contributed by atoms with van der Waals surface area (Å²) in [6.45, 7) is 7.92. The summed E-state index contributed by atoms with van der Waals surface area (Å²) in [6.07, 6.45) is 1.84. The second-order valence-corrected chi connectivity index (χ2v) is 10.2. The first-order valence-corrected chi connectivity index (χ1v) is 12.2. The van der Waals surface area contributed by atoms with Crippen LogP contribution in [0.15, 0.2) is 16.7 Å². The molecule has 7 atom stereocenters. The summed E-state index contributed by atoms with van der Waals surface area (Å²) in [5, 5.41) is 0. The molecule has 0 bridgehead atoms. The molecule has 0 spiro atoms. The monoisotopic (exact) mass is 486 g/mol. The van der Waals surface area contributed by atoms with E-state index in [2.05, 4.69) is 11.8 Å². The molecule has 1 saturated heterocycles. The Morgan fingerprint density at radius 2 is 2.03 bits per heavy atom. The number of carbonyl (C=O) groups is 3. The van der Waals surface area contributed by atoms with Crippen LogP contribution in [0.3, 0.4) is 0 Å². The molecule has 8 nitrogen and oxygen atoms in total. The quantitative estimate of drug-likeness (QED) is 0.259. The van der Waals surface area contributed by atoms with Gasteiger partial charge >= 0.3 is 11.9 Å². The van der Waals surface area contributed by atoms with Crippen LogP contribution < -0.4 is 0 Å². The number of ether oxygens (including phenoxy) is 4. The number of carbonyl (C=O) groups excluding carboxylic acids is 3. The predicted molar refractivity (Wildman–Crippen MR) is 124 cm³/mol. The van der Waals surface area contributed by atoms with Crippen molar-refractivity contribution in [3.05, 3.63) is 23.7 Å². The number of rotatable bonds is 6. The number of methoxy groups -OCH3 is 1. The van der Waals surface area contributed by atoms with E-state index in [0.29, 0.717) is 37.2 Å². The number of cyclic esters (lactones) is 1. The van der Waals surface area contributed by atoms with Crippen LogP contribution in [0.4, 0.5) is 0 Å². The van der Waals surface area contributed by atoms with E-state index in [1.165, 1.54) is 13.4 Å². The van der Waals surface area contributed by atoms with Gasteiger partial charge in [0.25, 0.3) is 0 Å². The molecule has 4 rings (SSSR count). The summed E-state index contributed by atoms with van der Waals surface area (Å²) in [6, 6.07) is 1.76. The van der Waals surface area contributed by atoms with Crippen LogP contribution in [0.1, 0.15) is 70.8 Å². The summed E-state index contributed by atoms with van der Waals surface area (Å²) in [7, 11) is 1.36. The SMILES string of the molecule is CC#Cc1occc1C1CC2(C)C(CCC3(C)C(C(=O)OC)CC(OCOCC)C(=O)C32)C(=O)O1. The number of hydrogen-bond donors (Lipinski definition) is 0. The van der Waals surface area contributed by atoms with Gasteiger partial charge in [0.15, 0.2) is 11.5 Å². The summed E-state index contributed by atoms with van der Waals surface area (Å²) in [4.78, 5) is 40.3. The van der Waals surface area contributed by atoms with E-state index in [9.17, 15) is 14.4 Å². The van der Waals surface area contributed by atoms with Crippen molar-refractivity contribution < 1.29 is 37.7 Å². The van der Waals surface area contributed by atoms with Gasteiger partial charge in [-0.05, 0) is 62.3 Å². The fraction of sp³-hybridized carbons (Fsp3) is 0.667. The molecule has 2 heterocycles. The van der Waals surface area contributed by atoms with E-state index in [1.54, 1.807) is 13.0 Å². The summed E-state index contributed by atoms with van der Waals surface area (Å²) in [5.41, 5.74) is -0.736. The second-order valence-electron chi connectivity index (χ2n) is 10.2. The first-order chi connectivity index (χ1) is 16.7. The maximum Gasteiger partial charge on any atom is 0.310 e. The van der Waals surface area contributed by atoms with Crippen molar-refractivity contribution in [3.63, 3.8) is 0 Å². The van der Waals surface area contributed by atoms with Gasteiger partial charge < -0.3 is 23.4 Å². The molecule has 0 N–H and O–H groups in total. The van der Waals surface area contributed by atoms with Gasteiger partial charge in [-0.2, -0.15) is 0 Å². The van der Waals surface area contributed by atoms with Crippen molar-refractivity contribution in [2.24, 2.45) is 28.6 Å². The lowest BCUT2D eigenvalue weighted by atomic mass is 9.43. The van der Waals surface area contributed by atoms with Crippen LogP contribution in [0.2, 0.25) is 0 Å². The minimum atomic E-state index is -0.814. The molecule has 3 fully saturated rings. The Morgan fingerprint density at radius 1 is 1.26 bits per heavy atom. The molecule has 1 aliphatic heterocycles. The molecule has 0 amide bonds. The highest BCUT2D eigenvalue weighted by Crippen LogP contribution is 2.65. The minimum absolute atomic E-state index is 0.0386. The van der Waals surface area contributed by atoms with E-state index in [0.717, 1.165) is 0 Å². The van der Waals surface area contributed by atoms with Crippen LogP contribution in [-0.2, 0) is 33.3 Å². The Labute approximate surface area is 206 Å². The molecular weight excluding hydrogens is 452 g/mol. The third kappa shape index (κ3) is 4.19. The molecule has 8 heteroatoms. The number of esters is 2. The van der Waals surface area contributed by atoms with Crippen molar-refractivity contribution in [2.45, 2.75) is 65.6 Å². The van der Waals surface area contributed by atoms with Gasteiger partial charge in [-0.3, -0.25) is 14.4 Å². The van der Waals surface area contributed by atoms with Gasteiger partial charge in [0.1, 0.15) is 19.0 Å². The predicted octanol–water partition coefficient (Wildman–Crippen LogP) is 3.82. The molecule has 2 saturated carbocycles. The van der Waals surface area contributed by atoms with Gasteiger partial charge in [-0.1, -0.05) is 19.8 Å². The molecule has 0 aromatic carbocycles. The lowest BCUT2D eigenvalue weighted by Crippen LogP contribution is -2.64. The highest BCUT2D eigenvalue weighted by molar-refractivity contribution is 5.92. The normalized spacial score (nSPS) is 36.3. The average molecular weight is 487 g/mol. The standard InChI is InChI=1S/C27H34O8/c1-6-8-19-16(10-12-33-19)21-14-27(4)17(25(30)35-21)9-11-26(3)18(24(29)31-5)13-20(22(28)23(26)27)34-15-32-7-2/h10,12,17-18,20-21,23H,7,9,11,13-15H2,1-5H3. The van der Waals surface area contributed by atoms with Gasteiger partial charge in [-0.15, -0.1) is 0 Å². The number of hydrogen-bond acceptors (Lipinski definition) is 8. The van der Waals surface area contributed by atoms with Gasteiger partial charge in [0.05, 0.1) is 25.2 Å². The van der Waals surface area contributed by atoms with E-state index >= 15 is 0 Å². The molecule has 1 aromatic heterocycles. The van der Waals surface area contributed by atoms with Gasteiger partial charge in [0.2, 0.25) is 0 Å². The molecule has 7 unspecified atom stereocenters. The van der Waals surface area contributed by atoms with E-state index in [1.807, 2.05) is 20.8 Å². The molecule has 2 aliphatic carbocycles. The molecule has 1 aromatic rings. The first-order valence-electron chi connectivity index (χ1n) is 12.2. The Bertz CT molecular complexity index is 1050. The van der Waals surface area contributed by atoms with E-state index < -0.39 is 40.8 Å². The summed E-state index contributed by atoms with van der Waals surface area (Å²) < 4.78 is 27.7. The fourth-order valence-corrected chi connectivity index (χ4v) is 6.84. The third-order valence-electron chi connectivity index (χ3n) is 8.43. The summed E-state index contributed by atoms with van der Waals surface area (Å²) in [5.74, 6) is 3.82. The second kappa shape index (κ2) is 9.79. The van der Waals surface area contributed by atoms with Crippen LogP contribution >= 0.6 is 0 Å². The van der Waals surface area contributed by atoms with Crippen molar-refractivity contribution in [1.82, 2.24) is 0 Å². The Balaban J connectivity index is 1.76. The van der Waals surface area contributed by atoms with Crippen LogP contribution in [0.5, 0.6) is 0 Å². The van der Waals surface area contributed by atoms with E-state index in [4.69, 9.17) is 23.4 Å². The topological polar surface area (TPSA) is 101 Å². The van der Waals surface area contributed by atoms with Crippen molar-refractivity contribution in [1.29, 1.82) is 0 Å². The van der Waals surface area contributed by atoms with Gasteiger partial charge in [0, 0.05) is 18.1 Å².